The largest absolute Gasteiger partial charge is 0.243 e. The van der Waals surface area contributed by atoms with E-state index in [1.165, 1.54) is 57.2 Å². The van der Waals surface area contributed by atoms with Gasteiger partial charge in [0.2, 0.25) is 6.33 Å². The molecule has 1 aromatic heterocycles. The van der Waals surface area contributed by atoms with Gasteiger partial charge in [0.15, 0.2) is 0 Å². The minimum Gasteiger partial charge on any atom is -0.239 e. The van der Waals surface area contributed by atoms with E-state index in [9.17, 15) is 0 Å². The van der Waals surface area contributed by atoms with Gasteiger partial charge in [0.25, 0.3) is 0 Å². The van der Waals surface area contributed by atoms with Crippen molar-refractivity contribution in [2.45, 2.75) is 65.3 Å². The van der Waals surface area contributed by atoms with Crippen LogP contribution in [0.15, 0.2) is 12.5 Å². The fourth-order valence-corrected chi connectivity index (χ4v) is 2.11. The van der Waals surface area contributed by atoms with Crippen molar-refractivity contribution in [1.82, 2.24) is 4.57 Å². The van der Waals surface area contributed by atoms with E-state index < -0.39 is 0 Å². The Morgan fingerprint density at radius 3 is 2.50 bits per heavy atom. The molecule has 2 nitrogen and oxygen atoms in total. The van der Waals surface area contributed by atoms with Crippen molar-refractivity contribution in [3.63, 3.8) is 0 Å². The summed E-state index contributed by atoms with van der Waals surface area (Å²) in [6.45, 7) is 5.72. The molecule has 1 rings (SSSR count). The smallest absolute Gasteiger partial charge is 0.239 e. The molecular formula is C14H27N2+. The van der Waals surface area contributed by atoms with Crippen LogP contribution in [0.5, 0.6) is 0 Å². The summed E-state index contributed by atoms with van der Waals surface area (Å²) in [5.41, 5.74) is 1.50. The lowest BCUT2D eigenvalue weighted by molar-refractivity contribution is -0.671. The van der Waals surface area contributed by atoms with Gasteiger partial charge in [-0.25, -0.2) is 9.13 Å². The van der Waals surface area contributed by atoms with Crippen molar-refractivity contribution in [2.75, 3.05) is 0 Å². The lowest BCUT2D eigenvalue weighted by Crippen LogP contribution is -2.23. The lowest BCUT2D eigenvalue weighted by atomic mass is 10.2. The summed E-state index contributed by atoms with van der Waals surface area (Å²) in [4.78, 5) is 0. The van der Waals surface area contributed by atoms with Gasteiger partial charge in [-0.15, -0.1) is 0 Å². The molecule has 0 aliphatic heterocycles. The number of rotatable bonds is 8. The van der Waals surface area contributed by atoms with Crippen LogP contribution in [0.1, 0.15) is 58.1 Å². The molecule has 0 spiro atoms. The molecule has 1 heterocycles. The first-order valence-electron chi connectivity index (χ1n) is 6.82. The Balaban J connectivity index is 2.43. The zero-order chi connectivity index (χ0) is 11.8. The van der Waals surface area contributed by atoms with Crippen LogP contribution in [-0.4, -0.2) is 4.57 Å². The molecule has 0 amide bonds. The van der Waals surface area contributed by atoms with Crippen molar-refractivity contribution >= 4 is 0 Å². The third-order valence-corrected chi connectivity index (χ3v) is 3.08. The number of aryl methyl sites for hydroxylation is 3. The highest BCUT2D eigenvalue weighted by atomic mass is 15.1. The Bertz CT molecular complexity index is 289. The maximum absolute atomic E-state index is 2.44. The maximum Gasteiger partial charge on any atom is 0.243 e. The van der Waals surface area contributed by atoms with Crippen molar-refractivity contribution in [2.24, 2.45) is 7.05 Å². The van der Waals surface area contributed by atoms with E-state index in [-0.39, 0.29) is 0 Å². The average molecular weight is 223 g/mol. The number of nitrogens with zero attached hydrogens (tertiary/aromatic N) is 2. The van der Waals surface area contributed by atoms with Crippen LogP contribution in [0.4, 0.5) is 0 Å². The molecule has 0 radical (unpaired) electrons. The third-order valence-electron chi connectivity index (χ3n) is 3.08. The van der Waals surface area contributed by atoms with Crippen molar-refractivity contribution in [3.05, 3.63) is 18.2 Å². The van der Waals surface area contributed by atoms with Crippen LogP contribution in [0, 0.1) is 0 Å². The SMILES string of the molecule is CCCCCCn1c[n+](C)cc1CCCC. The normalized spacial score (nSPS) is 10.9. The molecule has 0 saturated carbocycles. The van der Waals surface area contributed by atoms with Crippen molar-refractivity contribution in [3.8, 4) is 0 Å². The number of imidazole rings is 1. The number of hydrogen-bond donors (Lipinski definition) is 0. The molecule has 0 bridgehead atoms. The Labute approximate surface area is 100 Å². The predicted octanol–water partition coefficient (Wildman–Crippen LogP) is 3.24. The molecule has 0 saturated heterocycles. The summed E-state index contributed by atoms with van der Waals surface area (Å²) >= 11 is 0. The van der Waals surface area contributed by atoms with Crippen molar-refractivity contribution < 1.29 is 4.57 Å². The monoisotopic (exact) mass is 223 g/mol. The van der Waals surface area contributed by atoms with Gasteiger partial charge in [-0.05, 0) is 19.3 Å². The van der Waals surface area contributed by atoms with E-state index >= 15 is 0 Å². The fourth-order valence-electron chi connectivity index (χ4n) is 2.11. The third kappa shape index (κ3) is 4.38. The molecule has 0 aliphatic carbocycles. The standard InChI is InChI=1S/C14H27N2/c1-4-6-8-9-11-16-13-15(3)12-14(16)10-7-5-2/h12-13H,4-11H2,1-3H3/q+1. The molecule has 0 unspecified atom stereocenters. The lowest BCUT2D eigenvalue weighted by Gasteiger charge is -2.01. The second-order valence-electron chi connectivity index (χ2n) is 4.76. The molecule has 1 aromatic rings. The molecule has 2 heteroatoms. The van der Waals surface area contributed by atoms with E-state index in [0.29, 0.717) is 0 Å². The molecule has 92 valence electrons. The minimum atomic E-state index is 1.19. The average Bonchev–Trinajstić information content (AvgIpc) is 2.62. The van der Waals surface area contributed by atoms with E-state index in [1.807, 2.05) is 0 Å². The van der Waals surface area contributed by atoms with Gasteiger partial charge in [0.05, 0.1) is 13.6 Å². The highest BCUT2D eigenvalue weighted by Crippen LogP contribution is 2.07. The Hall–Kier alpha value is -0.790. The number of hydrogen-bond acceptors (Lipinski definition) is 0. The Morgan fingerprint density at radius 1 is 1.06 bits per heavy atom. The summed E-state index contributed by atoms with van der Waals surface area (Å²) in [6.07, 6.45) is 13.7. The molecule has 0 fully saturated rings. The summed E-state index contributed by atoms with van der Waals surface area (Å²) in [5, 5.41) is 0. The Kier molecular flexibility index (Phi) is 6.20. The second-order valence-corrected chi connectivity index (χ2v) is 4.76. The van der Waals surface area contributed by atoms with Gasteiger partial charge in [0, 0.05) is 6.42 Å². The van der Waals surface area contributed by atoms with Gasteiger partial charge in [0.1, 0.15) is 11.9 Å². The van der Waals surface area contributed by atoms with Crippen LogP contribution in [0.3, 0.4) is 0 Å². The maximum atomic E-state index is 2.44. The van der Waals surface area contributed by atoms with E-state index in [2.05, 4.69) is 42.6 Å². The van der Waals surface area contributed by atoms with Crippen LogP contribution in [-0.2, 0) is 20.0 Å². The number of unbranched alkanes of at least 4 members (excludes halogenated alkanes) is 4. The predicted molar refractivity (Wildman–Crippen MR) is 68.4 cm³/mol. The van der Waals surface area contributed by atoms with Crippen LogP contribution in [0.25, 0.3) is 0 Å². The van der Waals surface area contributed by atoms with Gasteiger partial charge >= 0.3 is 0 Å². The molecule has 0 N–H and O–H groups in total. The van der Waals surface area contributed by atoms with Crippen LogP contribution in [0.2, 0.25) is 0 Å². The van der Waals surface area contributed by atoms with Gasteiger partial charge < -0.3 is 0 Å². The first-order valence-corrected chi connectivity index (χ1v) is 6.82. The zero-order valence-corrected chi connectivity index (χ0v) is 11.2. The Morgan fingerprint density at radius 2 is 1.81 bits per heavy atom. The molecule has 0 atom stereocenters. The van der Waals surface area contributed by atoms with Crippen LogP contribution >= 0.6 is 0 Å². The minimum absolute atomic E-state index is 1.19. The highest BCUT2D eigenvalue weighted by molar-refractivity contribution is 4.93. The van der Waals surface area contributed by atoms with Gasteiger partial charge in [-0.1, -0.05) is 33.1 Å². The van der Waals surface area contributed by atoms with E-state index in [0.717, 1.165) is 0 Å². The van der Waals surface area contributed by atoms with E-state index in [1.54, 1.807) is 0 Å². The highest BCUT2D eigenvalue weighted by Gasteiger charge is 2.10. The molecular weight excluding hydrogens is 196 g/mol. The second kappa shape index (κ2) is 7.48. The summed E-state index contributed by atoms with van der Waals surface area (Å²) in [5.74, 6) is 0. The zero-order valence-electron chi connectivity index (χ0n) is 11.2. The topological polar surface area (TPSA) is 8.81 Å². The van der Waals surface area contributed by atoms with Gasteiger partial charge in [-0.3, -0.25) is 0 Å². The molecule has 16 heavy (non-hydrogen) atoms. The molecule has 0 aromatic carbocycles. The summed E-state index contributed by atoms with van der Waals surface area (Å²) < 4.78 is 4.62. The van der Waals surface area contributed by atoms with Crippen LogP contribution < -0.4 is 4.57 Å². The fraction of sp³-hybridized carbons (Fsp3) is 0.786. The number of aromatic nitrogens is 2. The van der Waals surface area contributed by atoms with E-state index in [4.69, 9.17) is 0 Å². The summed E-state index contributed by atoms with van der Waals surface area (Å²) in [6, 6.07) is 0. The van der Waals surface area contributed by atoms with Gasteiger partial charge in [-0.2, -0.15) is 0 Å². The molecule has 0 aliphatic rings. The first kappa shape index (κ1) is 13.3. The summed E-state index contributed by atoms with van der Waals surface area (Å²) in [7, 11) is 2.12. The van der Waals surface area contributed by atoms with Crippen molar-refractivity contribution in [1.29, 1.82) is 0 Å². The first-order chi connectivity index (χ1) is 7.77. The quantitative estimate of drug-likeness (QED) is 0.472.